The smallest absolute Gasteiger partial charge is 0.148 e. The molecule has 4 rings (SSSR count). The molecule has 3 heterocycles. The van der Waals surface area contributed by atoms with Gasteiger partial charge in [0.05, 0.1) is 16.3 Å². The van der Waals surface area contributed by atoms with E-state index in [9.17, 15) is 5.11 Å². The van der Waals surface area contributed by atoms with Crippen LogP contribution >= 0.6 is 11.3 Å². The van der Waals surface area contributed by atoms with Crippen LogP contribution in [0, 0.1) is 13.8 Å². The average Bonchev–Trinajstić information content (AvgIpc) is 3.24. The highest BCUT2D eigenvalue weighted by molar-refractivity contribution is 7.19. The highest BCUT2D eigenvalue weighted by Gasteiger charge is 2.27. The first-order valence-corrected chi connectivity index (χ1v) is 9.62. The third kappa shape index (κ3) is 3.02. The third-order valence-corrected chi connectivity index (χ3v) is 6.26. The lowest BCUT2D eigenvalue weighted by molar-refractivity contribution is 0.130. The maximum absolute atomic E-state index is 10.7. The molecular formula is C19H23N5OS. The van der Waals surface area contributed by atoms with Gasteiger partial charge in [-0.2, -0.15) is 5.10 Å². The summed E-state index contributed by atoms with van der Waals surface area (Å²) in [5, 5.41) is 23.4. The van der Waals surface area contributed by atoms with Gasteiger partial charge in [-0.1, -0.05) is 18.2 Å². The van der Waals surface area contributed by atoms with Crippen LogP contribution in [0.25, 0.3) is 10.2 Å². The monoisotopic (exact) mass is 369 g/mol. The highest BCUT2D eigenvalue weighted by atomic mass is 32.1. The molecule has 4 N–H and O–H groups in total. The largest absolute Gasteiger partial charge is 0.397 e. The summed E-state index contributed by atoms with van der Waals surface area (Å²) in [5.41, 5.74) is 10.1. The molecule has 0 aliphatic carbocycles. The standard InChI is InChI=1S/C19H23N5OS/c1-11-12(2)22-23-19-15(11)16(20)17(26-19)18(25)21-13-8-9-24(10-13)14-6-4-3-5-7-14/h3-7,13,18,21,25H,8-10,20H2,1-2H3/t13-,18?/m1/s1. The van der Waals surface area contributed by atoms with E-state index in [1.807, 2.05) is 32.0 Å². The van der Waals surface area contributed by atoms with Crippen LogP contribution < -0.4 is 16.0 Å². The average molecular weight is 369 g/mol. The van der Waals surface area contributed by atoms with Crippen molar-refractivity contribution in [1.29, 1.82) is 0 Å². The lowest BCUT2D eigenvalue weighted by Crippen LogP contribution is -2.35. The Labute approximate surface area is 156 Å². The van der Waals surface area contributed by atoms with E-state index in [0.29, 0.717) is 5.69 Å². The second-order valence-electron chi connectivity index (χ2n) is 6.81. The van der Waals surface area contributed by atoms with E-state index < -0.39 is 6.23 Å². The zero-order valence-electron chi connectivity index (χ0n) is 14.9. The fourth-order valence-corrected chi connectivity index (χ4v) is 4.58. The molecule has 1 fully saturated rings. The van der Waals surface area contributed by atoms with Crippen LogP contribution in [0.1, 0.15) is 28.8 Å². The van der Waals surface area contributed by atoms with Crippen LogP contribution in [0.15, 0.2) is 30.3 Å². The molecule has 2 aromatic heterocycles. The zero-order chi connectivity index (χ0) is 18.3. The molecule has 1 saturated heterocycles. The molecule has 136 valence electrons. The number of thiophene rings is 1. The van der Waals surface area contributed by atoms with Gasteiger partial charge in [-0.3, -0.25) is 5.32 Å². The van der Waals surface area contributed by atoms with Gasteiger partial charge in [0.15, 0.2) is 0 Å². The minimum absolute atomic E-state index is 0.212. The second kappa shape index (κ2) is 6.83. The summed E-state index contributed by atoms with van der Waals surface area (Å²) in [4.78, 5) is 3.83. The molecule has 0 amide bonds. The van der Waals surface area contributed by atoms with Crippen molar-refractivity contribution in [2.45, 2.75) is 32.5 Å². The number of nitrogens with zero attached hydrogens (tertiary/aromatic N) is 3. The molecule has 3 aromatic rings. The number of hydrogen-bond acceptors (Lipinski definition) is 7. The van der Waals surface area contributed by atoms with Gasteiger partial charge in [-0.15, -0.1) is 16.4 Å². The van der Waals surface area contributed by atoms with Crippen LogP contribution in [-0.4, -0.2) is 34.4 Å². The molecule has 7 heteroatoms. The number of rotatable bonds is 4. The van der Waals surface area contributed by atoms with Crippen molar-refractivity contribution in [2.24, 2.45) is 0 Å². The molecular weight excluding hydrogens is 346 g/mol. The lowest BCUT2D eigenvalue weighted by atomic mass is 10.1. The van der Waals surface area contributed by atoms with Gasteiger partial charge in [-0.05, 0) is 38.0 Å². The Morgan fingerprint density at radius 1 is 1.27 bits per heavy atom. The summed E-state index contributed by atoms with van der Waals surface area (Å²) in [6.07, 6.45) is 0.184. The Hall–Kier alpha value is -2.22. The minimum atomic E-state index is -0.797. The summed E-state index contributed by atoms with van der Waals surface area (Å²) >= 11 is 1.41. The van der Waals surface area contributed by atoms with Crippen molar-refractivity contribution in [2.75, 3.05) is 23.7 Å². The molecule has 0 bridgehead atoms. The predicted octanol–water partition coefficient (Wildman–Crippen LogP) is 2.75. The normalized spacial score (nSPS) is 18.6. The molecule has 26 heavy (non-hydrogen) atoms. The maximum atomic E-state index is 10.7. The fourth-order valence-electron chi connectivity index (χ4n) is 3.53. The second-order valence-corrected chi connectivity index (χ2v) is 7.84. The van der Waals surface area contributed by atoms with Crippen LogP contribution in [-0.2, 0) is 0 Å². The molecule has 6 nitrogen and oxygen atoms in total. The number of para-hydroxylation sites is 1. The number of nitrogens with one attached hydrogen (secondary N) is 1. The number of benzene rings is 1. The van der Waals surface area contributed by atoms with Crippen LogP contribution in [0.4, 0.5) is 11.4 Å². The number of aliphatic hydroxyl groups excluding tert-OH is 1. The molecule has 0 saturated carbocycles. The summed E-state index contributed by atoms with van der Waals surface area (Å²) in [5.74, 6) is 0. The first-order chi connectivity index (χ1) is 12.5. The number of aromatic nitrogens is 2. The predicted molar refractivity (Wildman–Crippen MR) is 106 cm³/mol. The van der Waals surface area contributed by atoms with Gasteiger partial charge in [0.1, 0.15) is 11.1 Å². The Morgan fingerprint density at radius 3 is 2.81 bits per heavy atom. The zero-order valence-corrected chi connectivity index (χ0v) is 15.8. The van der Waals surface area contributed by atoms with E-state index in [1.165, 1.54) is 17.0 Å². The summed E-state index contributed by atoms with van der Waals surface area (Å²) in [7, 11) is 0. The Morgan fingerprint density at radius 2 is 2.04 bits per heavy atom. The number of aryl methyl sites for hydroxylation is 2. The van der Waals surface area contributed by atoms with Crippen molar-refractivity contribution < 1.29 is 5.11 Å². The van der Waals surface area contributed by atoms with Gasteiger partial charge in [0.2, 0.25) is 0 Å². The van der Waals surface area contributed by atoms with Gasteiger partial charge >= 0.3 is 0 Å². The fraction of sp³-hybridized carbons (Fsp3) is 0.368. The number of anilines is 2. The lowest BCUT2D eigenvalue weighted by Gasteiger charge is -2.21. The van der Waals surface area contributed by atoms with Crippen molar-refractivity contribution >= 4 is 32.9 Å². The SMILES string of the molecule is Cc1nnc2sc(C(O)N[C@@H]3CCN(c4ccccc4)C3)c(N)c2c1C. The number of nitrogen functional groups attached to an aromatic ring is 1. The molecule has 1 aliphatic heterocycles. The van der Waals surface area contributed by atoms with E-state index in [4.69, 9.17) is 5.73 Å². The maximum Gasteiger partial charge on any atom is 0.148 e. The van der Waals surface area contributed by atoms with Crippen LogP contribution in [0.2, 0.25) is 0 Å². The van der Waals surface area contributed by atoms with Crippen molar-refractivity contribution in [3.8, 4) is 0 Å². The molecule has 1 unspecified atom stereocenters. The first kappa shape index (κ1) is 17.2. The number of aliphatic hydroxyl groups is 1. The van der Waals surface area contributed by atoms with E-state index in [-0.39, 0.29) is 6.04 Å². The van der Waals surface area contributed by atoms with Crippen molar-refractivity contribution in [3.63, 3.8) is 0 Å². The molecule has 2 atom stereocenters. The number of hydrogen-bond donors (Lipinski definition) is 3. The van der Waals surface area contributed by atoms with Crippen LogP contribution in [0.3, 0.4) is 0 Å². The summed E-state index contributed by atoms with van der Waals surface area (Å²) in [6, 6.07) is 10.6. The van der Waals surface area contributed by atoms with E-state index in [0.717, 1.165) is 45.9 Å². The summed E-state index contributed by atoms with van der Waals surface area (Å²) < 4.78 is 0. The molecule has 1 aliphatic rings. The van der Waals surface area contributed by atoms with Crippen LogP contribution in [0.5, 0.6) is 0 Å². The van der Waals surface area contributed by atoms with E-state index >= 15 is 0 Å². The summed E-state index contributed by atoms with van der Waals surface area (Å²) in [6.45, 7) is 5.75. The van der Waals surface area contributed by atoms with Crippen molar-refractivity contribution in [3.05, 3.63) is 46.5 Å². The van der Waals surface area contributed by atoms with Crippen molar-refractivity contribution in [1.82, 2.24) is 15.5 Å². The number of nitrogens with two attached hydrogens (primary N) is 1. The molecule has 1 aromatic carbocycles. The van der Waals surface area contributed by atoms with Gasteiger partial charge < -0.3 is 15.7 Å². The van der Waals surface area contributed by atoms with Gasteiger partial charge in [0, 0.05) is 30.2 Å². The van der Waals surface area contributed by atoms with E-state index in [1.54, 1.807) is 0 Å². The van der Waals surface area contributed by atoms with Gasteiger partial charge in [0.25, 0.3) is 0 Å². The van der Waals surface area contributed by atoms with Gasteiger partial charge in [-0.25, -0.2) is 0 Å². The quantitative estimate of drug-likeness (QED) is 0.613. The number of fused-ring (bicyclic) bond motifs is 1. The minimum Gasteiger partial charge on any atom is -0.397 e. The van der Waals surface area contributed by atoms with E-state index in [2.05, 4.69) is 32.5 Å². The first-order valence-electron chi connectivity index (χ1n) is 8.80. The molecule has 0 radical (unpaired) electrons. The third-order valence-electron chi connectivity index (χ3n) is 5.12. The topological polar surface area (TPSA) is 87.3 Å². The Bertz CT molecular complexity index is 927. The Balaban J connectivity index is 1.51. The molecule has 0 spiro atoms. The Kier molecular flexibility index (Phi) is 4.52. The highest BCUT2D eigenvalue weighted by Crippen LogP contribution is 2.38.